The van der Waals surface area contributed by atoms with E-state index in [4.69, 9.17) is 18.6 Å². The summed E-state index contributed by atoms with van der Waals surface area (Å²) < 4.78 is 21.5. The molecular weight excluding hydrogens is 572 g/mol. The van der Waals surface area contributed by atoms with Crippen LogP contribution in [0.1, 0.15) is 0 Å². The highest BCUT2D eigenvalue weighted by molar-refractivity contribution is 6.14. The lowest BCUT2D eigenvalue weighted by molar-refractivity contribution is 0.476. The maximum absolute atomic E-state index is 6.82. The highest BCUT2D eigenvalue weighted by Crippen LogP contribution is 2.46. The zero-order valence-corrected chi connectivity index (χ0v) is 24.8. The smallest absolute Gasteiger partial charge is 0.177 e. The number of para-hydroxylation sites is 3. The first-order valence-electron chi connectivity index (χ1n) is 15.0. The van der Waals surface area contributed by atoms with Crippen molar-refractivity contribution in [2.45, 2.75) is 0 Å². The number of hydrogen-bond donors (Lipinski definition) is 0. The summed E-state index contributed by atoms with van der Waals surface area (Å²) >= 11 is 0. The number of aromatic nitrogens is 3. The van der Waals surface area contributed by atoms with Crippen molar-refractivity contribution in [3.8, 4) is 22.8 Å². The minimum Gasteiger partial charge on any atom is -0.456 e. The molecule has 7 heteroatoms. The molecule has 0 saturated carbocycles. The summed E-state index contributed by atoms with van der Waals surface area (Å²) in [5.41, 5.74) is 6.56. The summed E-state index contributed by atoms with van der Waals surface area (Å²) in [5, 5.41) is 8.61. The third-order valence-corrected chi connectivity index (χ3v) is 8.25. The van der Waals surface area contributed by atoms with Gasteiger partial charge in [0, 0.05) is 59.0 Å². The van der Waals surface area contributed by atoms with Crippen molar-refractivity contribution in [2.75, 3.05) is 4.90 Å². The SMILES string of the molecule is Cn1ccc(-c2cc(Oc3cc(N(c4ccccc4)c4ccccn4)c4c(c3)oc3ccccc34)c3oc4ccccc4c3c2)n1. The van der Waals surface area contributed by atoms with Crippen molar-refractivity contribution < 1.29 is 13.6 Å². The van der Waals surface area contributed by atoms with Gasteiger partial charge in [0.05, 0.1) is 16.8 Å². The number of fused-ring (bicyclic) bond motifs is 6. The lowest BCUT2D eigenvalue weighted by Gasteiger charge is -2.25. The topological polar surface area (TPSA) is 69.5 Å². The van der Waals surface area contributed by atoms with Gasteiger partial charge >= 0.3 is 0 Å². The van der Waals surface area contributed by atoms with Gasteiger partial charge in [-0.15, -0.1) is 0 Å². The molecule has 0 fully saturated rings. The molecule has 0 aliphatic carbocycles. The summed E-state index contributed by atoms with van der Waals surface area (Å²) in [6, 6.07) is 42.3. The number of hydrogen-bond acceptors (Lipinski definition) is 6. The van der Waals surface area contributed by atoms with Crippen LogP contribution in [0.3, 0.4) is 0 Å². The second-order valence-electron chi connectivity index (χ2n) is 11.2. The molecule has 0 saturated heterocycles. The van der Waals surface area contributed by atoms with E-state index in [1.807, 2.05) is 110 Å². The predicted molar refractivity (Wildman–Crippen MR) is 182 cm³/mol. The van der Waals surface area contributed by atoms with E-state index in [0.717, 1.165) is 61.2 Å². The summed E-state index contributed by atoms with van der Waals surface area (Å²) in [5.74, 6) is 1.95. The van der Waals surface area contributed by atoms with E-state index in [1.54, 1.807) is 10.9 Å². The average molecular weight is 599 g/mol. The molecule has 0 unspecified atom stereocenters. The second kappa shape index (κ2) is 10.4. The maximum Gasteiger partial charge on any atom is 0.177 e. The molecule has 9 aromatic rings. The molecule has 46 heavy (non-hydrogen) atoms. The number of pyridine rings is 1. The van der Waals surface area contributed by atoms with Crippen molar-refractivity contribution >= 4 is 61.1 Å². The van der Waals surface area contributed by atoms with Crippen molar-refractivity contribution in [3.63, 3.8) is 0 Å². The molecule has 0 amide bonds. The summed E-state index contributed by atoms with van der Waals surface area (Å²) in [6.45, 7) is 0. The Balaban J connectivity index is 1.30. The van der Waals surface area contributed by atoms with Crippen LogP contribution in [0.4, 0.5) is 17.2 Å². The third kappa shape index (κ3) is 4.29. The van der Waals surface area contributed by atoms with Crippen LogP contribution in [0.25, 0.3) is 55.1 Å². The van der Waals surface area contributed by atoms with E-state index in [-0.39, 0.29) is 0 Å². The van der Waals surface area contributed by atoms with Gasteiger partial charge in [-0.1, -0.05) is 60.7 Å². The summed E-state index contributed by atoms with van der Waals surface area (Å²) in [6.07, 6.45) is 3.74. The Morgan fingerprint density at radius 3 is 2.22 bits per heavy atom. The van der Waals surface area contributed by atoms with Crippen molar-refractivity contribution in [1.82, 2.24) is 14.8 Å². The Morgan fingerprint density at radius 2 is 1.43 bits per heavy atom. The Hall–Kier alpha value is -6.34. The standard InChI is InChI=1S/C39H26N4O3/c1-42-20-18-31(41-42)25-21-30-28-13-5-7-15-33(28)46-39(30)36(22-25)44-27-23-32(38-29-14-6-8-16-34(29)45-35(38)24-27)43(26-11-3-2-4-12-26)37-17-9-10-19-40-37/h2-24H,1H3. The molecule has 0 atom stereocenters. The van der Waals surface area contributed by atoms with Gasteiger partial charge in [-0.2, -0.15) is 5.10 Å². The maximum atomic E-state index is 6.82. The van der Waals surface area contributed by atoms with Crippen LogP contribution >= 0.6 is 0 Å². The van der Waals surface area contributed by atoms with Crippen molar-refractivity contribution in [3.05, 3.63) is 140 Å². The first-order chi connectivity index (χ1) is 22.7. The Bertz CT molecular complexity index is 2490. The van der Waals surface area contributed by atoms with Crippen molar-refractivity contribution in [1.29, 1.82) is 0 Å². The van der Waals surface area contributed by atoms with E-state index >= 15 is 0 Å². The van der Waals surface area contributed by atoms with Gasteiger partial charge in [0.1, 0.15) is 28.3 Å². The molecule has 220 valence electrons. The monoisotopic (exact) mass is 598 g/mol. The van der Waals surface area contributed by atoms with Gasteiger partial charge in [0.2, 0.25) is 0 Å². The predicted octanol–water partition coefficient (Wildman–Crippen LogP) is 10.5. The first kappa shape index (κ1) is 26.1. The van der Waals surface area contributed by atoms with E-state index in [1.165, 1.54) is 0 Å². The Morgan fingerprint density at radius 1 is 0.674 bits per heavy atom. The number of anilines is 3. The summed E-state index contributed by atoms with van der Waals surface area (Å²) in [4.78, 5) is 6.90. The van der Waals surface area contributed by atoms with Gasteiger partial charge in [-0.25, -0.2) is 4.98 Å². The first-order valence-corrected chi connectivity index (χ1v) is 15.0. The molecule has 0 bridgehead atoms. The minimum atomic E-state index is 0.583. The molecule has 0 radical (unpaired) electrons. The minimum absolute atomic E-state index is 0.583. The third-order valence-electron chi connectivity index (χ3n) is 8.25. The Kier molecular flexibility index (Phi) is 5.89. The fourth-order valence-corrected chi connectivity index (χ4v) is 6.22. The van der Waals surface area contributed by atoms with Gasteiger partial charge in [0.15, 0.2) is 11.3 Å². The number of benzene rings is 5. The van der Waals surface area contributed by atoms with Crippen LogP contribution in [0.5, 0.6) is 11.5 Å². The highest BCUT2D eigenvalue weighted by Gasteiger charge is 2.23. The zero-order chi connectivity index (χ0) is 30.6. The lowest BCUT2D eigenvalue weighted by Crippen LogP contribution is -2.11. The molecule has 0 N–H and O–H groups in total. The van der Waals surface area contributed by atoms with E-state index in [2.05, 4.69) is 40.3 Å². The summed E-state index contributed by atoms with van der Waals surface area (Å²) in [7, 11) is 1.91. The molecule has 0 aliphatic rings. The van der Waals surface area contributed by atoms with Crippen LogP contribution in [-0.4, -0.2) is 14.8 Å². The van der Waals surface area contributed by atoms with Crippen LogP contribution < -0.4 is 9.64 Å². The van der Waals surface area contributed by atoms with Gasteiger partial charge < -0.3 is 13.6 Å². The van der Waals surface area contributed by atoms with Crippen LogP contribution in [-0.2, 0) is 7.05 Å². The Labute approximate surface area is 263 Å². The molecule has 0 aliphatic heterocycles. The molecule has 4 aromatic heterocycles. The van der Waals surface area contributed by atoms with Crippen molar-refractivity contribution in [2.24, 2.45) is 7.05 Å². The molecule has 5 aromatic carbocycles. The van der Waals surface area contributed by atoms with Crippen LogP contribution in [0.2, 0.25) is 0 Å². The van der Waals surface area contributed by atoms with E-state index < -0.39 is 0 Å². The fourth-order valence-electron chi connectivity index (χ4n) is 6.22. The number of ether oxygens (including phenoxy) is 1. The van der Waals surface area contributed by atoms with Gasteiger partial charge in [-0.05, 0) is 54.6 Å². The normalized spacial score (nSPS) is 11.6. The second-order valence-corrected chi connectivity index (χ2v) is 11.2. The molecule has 7 nitrogen and oxygen atoms in total. The lowest BCUT2D eigenvalue weighted by atomic mass is 10.1. The number of rotatable bonds is 6. The van der Waals surface area contributed by atoms with E-state index in [9.17, 15) is 0 Å². The van der Waals surface area contributed by atoms with Gasteiger partial charge in [-0.3, -0.25) is 9.58 Å². The van der Waals surface area contributed by atoms with Crippen LogP contribution in [0, 0.1) is 0 Å². The number of furan rings is 2. The average Bonchev–Trinajstić information content (AvgIpc) is 3.81. The highest BCUT2D eigenvalue weighted by atomic mass is 16.5. The number of aryl methyl sites for hydroxylation is 1. The van der Waals surface area contributed by atoms with Crippen LogP contribution in [0.15, 0.2) is 149 Å². The molecule has 9 rings (SSSR count). The van der Waals surface area contributed by atoms with Gasteiger partial charge in [0.25, 0.3) is 0 Å². The fraction of sp³-hybridized carbons (Fsp3) is 0.0256. The largest absolute Gasteiger partial charge is 0.456 e. The molecular formula is C39H26N4O3. The molecule has 0 spiro atoms. The quantitative estimate of drug-likeness (QED) is 0.190. The van der Waals surface area contributed by atoms with E-state index in [0.29, 0.717) is 22.7 Å². The zero-order valence-electron chi connectivity index (χ0n) is 24.8. The number of nitrogens with zero attached hydrogens (tertiary/aromatic N) is 4. The molecule has 4 heterocycles.